The predicted octanol–water partition coefficient (Wildman–Crippen LogP) is 3.97. The summed E-state index contributed by atoms with van der Waals surface area (Å²) >= 11 is 0. The third-order valence-electron chi connectivity index (χ3n) is 4.61. The van der Waals surface area contributed by atoms with E-state index in [1.54, 1.807) is 13.2 Å². The van der Waals surface area contributed by atoms with Gasteiger partial charge in [0.15, 0.2) is 11.5 Å². The van der Waals surface area contributed by atoms with Gasteiger partial charge in [0.05, 0.1) is 7.11 Å². The van der Waals surface area contributed by atoms with Crippen LogP contribution in [-0.2, 0) is 0 Å². The highest BCUT2D eigenvalue weighted by Gasteiger charge is 2.26. The van der Waals surface area contributed by atoms with Gasteiger partial charge < -0.3 is 9.84 Å². The van der Waals surface area contributed by atoms with E-state index < -0.39 is 0 Å². The maximum atomic E-state index is 9.70. The van der Waals surface area contributed by atoms with Crippen molar-refractivity contribution >= 4 is 0 Å². The highest BCUT2D eigenvalue weighted by molar-refractivity contribution is 5.42. The first kappa shape index (κ1) is 15.2. The van der Waals surface area contributed by atoms with Crippen molar-refractivity contribution in [3.05, 3.63) is 23.8 Å². The van der Waals surface area contributed by atoms with Gasteiger partial charge in [0.1, 0.15) is 0 Å². The Hall–Kier alpha value is -1.22. The van der Waals surface area contributed by atoms with E-state index in [2.05, 4.69) is 25.7 Å². The second kappa shape index (κ2) is 6.04. The summed E-state index contributed by atoms with van der Waals surface area (Å²) in [5, 5.41) is 9.70. The lowest BCUT2D eigenvalue weighted by Crippen LogP contribution is -2.28. The molecule has 2 rings (SSSR count). The molecule has 0 radical (unpaired) electrons. The quantitative estimate of drug-likeness (QED) is 0.907. The van der Waals surface area contributed by atoms with Gasteiger partial charge in [-0.05, 0) is 62.4 Å². The molecule has 3 nitrogen and oxygen atoms in total. The SMILES string of the molecule is COc1cc(C(C)N2CCCC(C)(C)CC2)ccc1O. The summed E-state index contributed by atoms with van der Waals surface area (Å²) in [5.74, 6) is 0.768. The first-order valence-electron chi connectivity index (χ1n) is 7.54. The number of ether oxygens (including phenoxy) is 1. The van der Waals surface area contributed by atoms with Crippen LogP contribution in [0.25, 0.3) is 0 Å². The minimum absolute atomic E-state index is 0.209. The standard InChI is InChI=1S/C17H27NO2/c1-13(14-6-7-15(19)16(12-14)20-4)18-10-5-8-17(2,3)9-11-18/h6-7,12-13,19H,5,8-11H2,1-4H3. The Bertz CT molecular complexity index is 456. The Labute approximate surface area is 122 Å². The second-order valence-corrected chi connectivity index (χ2v) is 6.66. The molecule has 1 aromatic carbocycles. The van der Waals surface area contributed by atoms with E-state index >= 15 is 0 Å². The molecule has 112 valence electrons. The van der Waals surface area contributed by atoms with Gasteiger partial charge in [-0.3, -0.25) is 4.90 Å². The minimum Gasteiger partial charge on any atom is -0.504 e. The van der Waals surface area contributed by atoms with Crippen LogP contribution >= 0.6 is 0 Å². The molecule has 1 saturated heterocycles. The number of likely N-dealkylation sites (tertiary alicyclic amines) is 1. The van der Waals surface area contributed by atoms with Crippen LogP contribution < -0.4 is 4.74 Å². The molecule has 20 heavy (non-hydrogen) atoms. The molecule has 3 heteroatoms. The second-order valence-electron chi connectivity index (χ2n) is 6.66. The molecule has 1 aliphatic rings. The summed E-state index contributed by atoms with van der Waals surface area (Å²) in [6.45, 7) is 9.25. The van der Waals surface area contributed by atoms with Crippen LogP contribution in [0.4, 0.5) is 0 Å². The van der Waals surface area contributed by atoms with Crippen molar-refractivity contribution in [1.29, 1.82) is 0 Å². The molecule has 1 fully saturated rings. The van der Waals surface area contributed by atoms with E-state index in [4.69, 9.17) is 4.74 Å². The van der Waals surface area contributed by atoms with Crippen LogP contribution in [0.3, 0.4) is 0 Å². The van der Waals surface area contributed by atoms with Gasteiger partial charge in [0.25, 0.3) is 0 Å². The van der Waals surface area contributed by atoms with E-state index in [1.807, 2.05) is 12.1 Å². The van der Waals surface area contributed by atoms with Crippen molar-refractivity contribution in [2.45, 2.75) is 46.1 Å². The first-order chi connectivity index (χ1) is 9.43. The molecule has 1 aliphatic heterocycles. The highest BCUT2D eigenvalue weighted by atomic mass is 16.5. The molecule has 0 saturated carbocycles. The van der Waals surface area contributed by atoms with Gasteiger partial charge >= 0.3 is 0 Å². The molecule has 1 unspecified atom stereocenters. The van der Waals surface area contributed by atoms with E-state index in [-0.39, 0.29) is 5.75 Å². The number of methoxy groups -OCH3 is 1. The summed E-state index contributed by atoms with van der Waals surface area (Å²) in [7, 11) is 1.60. The van der Waals surface area contributed by atoms with E-state index in [1.165, 1.54) is 24.8 Å². The lowest BCUT2D eigenvalue weighted by atomic mass is 9.85. The first-order valence-corrected chi connectivity index (χ1v) is 7.54. The van der Waals surface area contributed by atoms with Gasteiger partial charge in [-0.1, -0.05) is 19.9 Å². The van der Waals surface area contributed by atoms with Crippen molar-refractivity contribution in [3.8, 4) is 11.5 Å². The van der Waals surface area contributed by atoms with Crippen molar-refractivity contribution in [3.63, 3.8) is 0 Å². The number of rotatable bonds is 3. The average Bonchev–Trinajstić information content (AvgIpc) is 2.59. The van der Waals surface area contributed by atoms with Gasteiger partial charge in [-0.2, -0.15) is 0 Å². The normalized spacial score (nSPS) is 21.2. The van der Waals surface area contributed by atoms with E-state index in [0.29, 0.717) is 17.2 Å². The van der Waals surface area contributed by atoms with E-state index in [0.717, 1.165) is 13.1 Å². The van der Waals surface area contributed by atoms with Crippen molar-refractivity contribution in [2.24, 2.45) is 5.41 Å². The fourth-order valence-electron chi connectivity index (χ4n) is 3.00. The summed E-state index contributed by atoms with van der Waals surface area (Å²) in [5.41, 5.74) is 1.67. The molecule has 1 heterocycles. The monoisotopic (exact) mass is 277 g/mol. The van der Waals surface area contributed by atoms with Crippen LogP contribution in [0.5, 0.6) is 11.5 Å². The molecular formula is C17H27NO2. The Kier molecular flexibility index (Phi) is 4.59. The summed E-state index contributed by atoms with van der Waals surface area (Å²) in [4.78, 5) is 2.54. The average molecular weight is 277 g/mol. The van der Waals surface area contributed by atoms with Gasteiger partial charge in [-0.25, -0.2) is 0 Å². The molecule has 1 aromatic rings. The van der Waals surface area contributed by atoms with Crippen LogP contribution in [-0.4, -0.2) is 30.2 Å². The van der Waals surface area contributed by atoms with E-state index in [9.17, 15) is 5.11 Å². The number of hydrogen-bond acceptors (Lipinski definition) is 3. The molecule has 1 N–H and O–H groups in total. The lowest BCUT2D eigenvalue weighted by molar-refractivity contribution is 0.208. The molecule has 0 amide bonds. The molecule has 0 bridgehead atoms. The fourth-order valence-corrected chi connectivity index (χ4v) is 3.00. The number of phenolic OH excluding ortho intramolecular Hbond substituents is 1. The van der Waals surface area contributed by atoms with Crippen LogP contribution in [0.2, 0.25) is 0 Å². The van der Waals surface area contributed by atoms with Gasteiger partial charge in [-0.15, -0.1) is 0 Å². The summed E-state index contributed by atoms with van der Waals surface area (Å²) in [6, 6.07) is 6.04. The fraction of sp³-hybridized carbons (Fsp3) is 0.647. The number of hydrogen-bond donors (Lipinski definition) is 1. The molecular weight excluding hydrogens is 250 g/mol. The molecule has 1 atom stereocenters. The van der Waals surface area contributed by atoms with Gasteiger partial charge in [0.2, 0.25) is 0 Å². The zero-order valence-electron chi connectivity index (χ0n) is 13.1. The zero-order chi connectivity index (χ0) is 14.8. The smallest absolute Gasteiger partial charge is 0.160 e. The summed E-state index contributed by atoms with van der Waals surface area (Å²) < 4.78 is 5.21. The third kappa shape index (κ3) is 3.45. The highest BCUT2D eigenvalue weighted by Crippen LogP contribution is 2.35. The Morgan fingerprint density at radius 2 is 2.00 bits per heavy atom. The molecule has 0 aliphatic carbocycles. The number of nitrogens with zero attached hydrogens (tertiary/aromatic N) is 1. The Balaban J connectivity index is 2.12. The Morgan fingerprint density at radius 1 is 1.25 bits per heavy atom. The van der Waals surface area contributed by atoms with Crippen molar-refractivity contribution in [2.75, 3.05) is 20.2 Å². The van der Waals surface area contributed by atoms with Crippen molar-refractivity contribution < 1.29 is 9.84 Å². The molecule has 0 aromatic heterocycles. The zero-order valence-corrected chi connectivity index (χ0v) is 13.1. The van der Waals surface area contributed by atoms with Crippen LogP contribution in [0.15, 0.2) is 18.2 Å². The lowest BCUT2D eigenvalue weighted by Gasteiger charge is -2.29. The number of phenols is 1. The topological polar surface area (TPSA) is 32.7 Å². The number of benzene rings is 1. The minimum atomic E-state index is 0.209. The third-order valence-corrected chi connectivity index (χ3v) is 4.61. The van der Waals surface area contributed by atoms with Gasteiger partial charge in [0, 0.05) is 6.04 Å². The molecule has 0 spiro atoms. The number of aromatic hydroxyl groups is 1. The predicted molar refractivity (Wildman–Crippen MR) is 82.3 cm³/mol. The van der Waals surface area contributed by atoms with Crippen molar-refractivity contribution in [1.82, 2.24) is 4.90 Å². The Morgan fingerprint density at radius 3 is 2.70 bits per heavy atom. The largest absolute Gasteiger partial charge is 0.504 e. The van der Waals surface area contributed by atoms with Crippen LogP contribution in [0, 0.1) is 5.41 Å². The van der Waals surface area contributed by atoms with Crippen LogP contribution in [0.1, 0.15) is 51.6 Å². The maximum absolute atomic E-state index is 9.70. The maximum Gasteiger partial charge on any atom is 0.160 e. The summed E-state index contributed by atoms with van der Waals surface area (Å²) in [6.07, 6.45) is 3.80.